The Morgan fingerprint density at radius 3 is 2.06 bits per heavy atom. The molecule has 0 spiro atoms. The third kappa shape index (κ3) is 5.24. The van der Waals surface area contributed by atoms with Gasteiger partial charge < -0.3 is 4.74 Å². The number of aromatic nitrogens is 1. The Bertz CT molecular complexity index is 1170. The molecule has 0 aliphatic rings. The fourth-order valence-electron chi connectivity index (χ4n) is 4.59. The molecule has 3 rings (SSSR count). The summed E-state index contributed by atoms with van der Waals surface area (Å²) in [6.45, 7) is 20.5. The largest absolute Gasteiger partial charge is 0.486 e. The van der Waals surface area contributed by atoms with Gasteiger partial charge in [-0.05, 0) is 72.2 Å². The van der Waals surface area contributed by atoms with Gasteiger partial charge in [0.25, 0.3) is 0 Å². The lowest BCUT2D eigenvalue weighted by Crippen LogP contribution is -2.27. The lowest BCUT2D eigenvalue weighted by Gasteiger charge is -2.34. The highest BCUT2D eigenvalue weighted by Gasteiger charge is 2.31. The van der Waals surface area contributed by atoms with Crippen LogP contribution < -0.4 is 4.74 Å². The third-order valence-corrected chi connectivity index (χ3v) is 6.98. The van der Waals surface area contributed by atoms with E-state index in [4.69, 9.17) is 11.7 Å². The van der Waals surface area contributed by atoms with Crippen LogP contribution in [-0.2, 0) is 10.2 Å². The smallest absolute Gasteiger partial charge is 0.175 e. The summed E-state index contributed by atoms with van der Waals surface area (Å²) in [5.41, 5.74) is 7.14. The molecule has 0 aliphatic carbocycles. The van der Waals surface area contributed by atoms with Crippen molar-refractivity contribution >= 4 is 5.78 Å². The maximum Gasteiger partial charge on any atom is 0.175 e. The van der Waals surface area contributed by atoms with E-state index in [1.165, 1.54) is 16.7 Å². The van der Waals surface area contributed by atoms with Gasteiger partial charge in [0.1, 0.15) is 12.4 Å². The molecule has 178 valence electrons. The van der Waals surface area contributed by atoms with E-state index in [1.54, 1.807) is 6.20 Å². The van der Waals surface area contributed by atoms with Crippen LogP contribution in [0, 0.1) is 26.2 Å². The van der Waals surface area contributed by atoms with Gasteiger partial charge in [-0.25, -0.2) is 0 Å². The Balaban J connectivity index is 1.95. The number of ether oxygens (including phenoxy) is 1. The molecule has 0 atom stereocenters. The highest BCUT2D eigenvalue weighted by atomic mass is 16.5. The highest BCUT2D eigenvalue weighted by molar-refractivity contribution is 5.85. The highest BCUT2D eigenvalue weighted by Crippen LogP contribution is 2.41. The minimum absolute atomic E-state index is 0.0932. The molecule has 2 aromatic carbocycles. The van der Waals surface area contributed by atoms with Crippen LogP contribution in [0.5, 0.6) is 5.75 Å². The minimum Gasteiger partial charge on any atom is -0.486 e. The fourth-order valence-corrected chi connectivity index (χ4v) is 4.59. The molecule has 2 radical (unpaired) electrons. The van der Waals surface area contributed by atoms with Crippen molar-refractivity contribution in [3.8, 4) is 16.9 Å². The van der Waals surface area contributed by atoms with Gasteiger partial charge in [0, 0.05) is 35.7 Å². The first-order chi connectivity index (χ1) is 16.0. The average Bonchev–Trinajstić information content (AvgIpc) is 2.79. The summed E-state index contributed by atoms with van der Waals surface area (Å²) in [7, 11) is 0. The molecule has 0 bridgehead atoms. The molecule has 0 aliphatic heterocycles. The van der Waals surface area contributed by atoms with E-state index in [0.717, 1.165) is 35.3 Å². The van der Waals surface area contributed by atoms with Crippen LogP contribution in [-0.4, -0.2) is 17.4 Å². The number of hydrogen-bond donors (Lipinski definition) is 0. The maximum atomic E-state index is 12.3. The Morgan fingerprint density at radius 2 is 1.53 bits per heavy atom. The summed E-state index contributed by atoms with van der Waals surface area (Å²) in [6.07, 6.45) is 5.48. The first kappa shape index (κ1) is 25.7. The fraction of sp³-hybridized carbons (Fsp3) is 0.387. The van der Waals surface area contributed by atoms with Crippen molar-refractivity contribution in [2.24, 2.45) is 5.41 Å². The van der Waals surface area contributed by atoms with E-state index in [-0.39, 0.29) is 17.8 Å². The maximum absolute atomic E-state index is 12.3. The van der Waals surface area contributed by atoms with Gasteiger partial charge in [0.05, 0.1) is 0 Å². The molecule has 0 amide bonds. The molecule has 0 N–H and O–H groups in total. The van der Waals surface area contributed by atoms with Crippen molar-refractivity contribution in [1.82, 2.24) is 4.98 Å². The zero-order valence-corrected chi connectivity index (χ0v) is 21.7. The minimum atomic E-state index is -0.404. The van der Waals surface area contributed by atoms with Crippen LogP contribution in [0.25, 0.3) is 11.1 Å². The van der Waals surface area contributed by atoms with E-state index >= 15 is 0 Å². The molecule has 1 aromatic heterocycles. The van der Waals surface area contributed by atoms with Gasteiger partial charge in [-0.15, -0.1) is 0 Å². The summed E-state index contributed by atoms with van der Waals surface area (Å²) < 4.78 is 5.89. The molecule has 3 aromatic rings. The molecular weight excluding hydrogens is 418 g/mol. The second-order valence-electron chi connectivity index (χ2n) is 10.3. The van der Waals surface area contributed by atoms with Gasteiger partial charge in [0.15, 0.2) is 5.78 Å². The lowest BCUT2D eigenvalue weighted by molar-refractivity contribution is -0.128. The summed E-state index contributed by atoms with van der Waals surface area (Å²) in [6, 6.07) is 15.1. The van der Waals surface area contributed by atoms with E-state index in [9.17, 15) is 4.79 Å². The van der Waals surface area contributed by atoms with Crippen molar-refractivity contribution in [2.75, 3.05) is 6.61 Å². The van der Waals surface area contributed by atoms with E-state index in [1.807, 2.05) is 39.1 Å². The van der Waals surface area contributed by atoms with Crippen LogP contribution in [0.2, 0.25) is 0 Å². The number of carbonyl (C=O) groups is 1. The van der Waals surface area contributed by atoms with Gasteiger partial charge in [0.2, 0.25) is 0 Å². The molecule has 0 saturated heterocycles. The Labute approximate surface area is 205 Å². The Hall–Kier alpha value is -2.94. The Kier molecular flexibility index (Phi) is 7.65. The van der Waals surface area contributed by atoms with E-state index in [2.05, 4.69) is 63.0 Å². The average molecular weight is 456 g/mol. The third-order valence-electron chi connectivity index (χ3n) is 6.98. The van der Waals surface area contributed by atoms with E-state index < -0.39 is 5.41 Å². The van der Waals surface area contributed by atoms with Crippen LogP contribution in [0.1, 0.15) is 75.3 Å². The number of pyridine rings is 1. The SMILES string of the molecule is [CH]c1cncc(-c2ccc(C(CC)(CC)c3ccc(OCC(=O)C(C)(C)C)c(C)c3)cc2C)c1. The van der Waals surface area contributed by atoms with Crippen molar-refractivity contribution in [2.45, 2.75) is 66.7 Å². The van der Waals surface area contributed by atoms with Crippen molar-refractivity contribution in [1.29, 1.82) is 0 Å². The normalized spacial score (nSPS) is 12.0. The number of Topliss-reactive ketones (excluding diaryl/α,β-unsaturated/α-hetero) is 1. The van der Waals surface area contributed by atoms with Gasteiger partial charge in [-0.3, -0.25) is 9.78 Å². The number of hydrogen-bond acceptors (Lipinski definition) is 3. The van der Waals surface area contributed by atoms with Crippen molar-refractivity contribution in [3.63, 3.8) is 0 Å². The predicted octanol–water partition coefficient (Wildman–Crippen LogP) is 7.52. The molecule has 3 nitrogen and oxygen atoms in total. The quantitative estimate of drug-likeness (QED) is 0.352. The first-order valence-corrected chi connectivity index (χ1v) is 12.1. The standard InChI is InChI=1S/C31H37NO2/c1-9-31(10-2,25-11-13-27(22(4)16-25)24-15-21(3)18-32-19-24)26-12-14-28(23(5)17-26)34-20-29(33)30(6,7)8/h3,11-19H,9-10,20H2,1-2,4-8H3. The number of benzene rings is 2. The number of ketones is 1. The van der Waals surface area contributed by atoms with Gasteiger partial charge in [-0.2, -0.15) is 0 Å². The molecule has 34 heavy (non-hydrogen) atoms. The molecular formula is C31H37NO2. The lowest BCUT2D eigenvalue weighted by atomic mass is 9.69. The first-order valence-electron chi connectivity index (χ1n) is 12.1. The van der Waals surface area contributed by atoms with Crippen LogP contribution in [0.4, 0.5) is 0 Å². The summed E-state index contributed by atoms with van der Waals surface area (Å²) in [5.74, 6) is 0.863. The van der Waals surface area contributed by atoms with Gasteiger partial charge in [-0.1, -0.05) is 65.0 Å². The topological polar surface area (TPSA) is 39.2 Å². The Morgan fingerprint density at radius 1 is 0.912 bits per heavy atom. The molecule has 0 saturated carbocycles. The summed E-state index contributed by atoms with van der Waals surface area (Å²) in [5, 5.41) is 0. The zero-order valence-electron chi connectivity index (χ0n) is 21.7. The number of aryl methyl sites for hydroxylation is 2. The van der Waals surface area contributed by atoms with Crippen LogP contribution >= 0.6 is 0 Å². The molecule has 0 unspecified atom stereocenters. The van der Waals surface area contributed by atoms with Crippen molar-refractivity contribution in [3.05, 3.63) is 89.6 Å². The summed E-state index contributed by atoms with van der Waals surface area (Å²) >= 11 is 0. The molecule has 1 heterocycles. The van der Waals surface area contributed by atoms with Crippen molar-refractivity contribution < 1.29 is 9.53 Å². The van der Waals surface area contributed by atoms with E-state index in [0.29, 0.717) is 5.56 Å². The molecule has 0 fully saturated rings. The second-order valence-corrected chi connectivity index (χ2v) is 10.3. The second kappa shape index (κ2) is 10.1. The monoisotopic (exact) mass is 455 g/mol. The number of nitrogens with zero attached hydrogens (tertiary/aromatic N) is 1. The van der Waals surface area contributed by atoms with Gasteiger partial charge >= 0.3 is 0 Å². The number of carbonyl (C=O) groups excluding carboxylic acids is 1. The summed E-state index contributed by atoms with van der Waals surface area (Å²) in [4.78, 5) is 16.5. The number of rotatable bonds is 8. The van der Waals surface area contributed by atoms with Crippen LogP contribution in [0.15, 0.2) is 54.9 Å². The molecule has 3 heteroatoms. The predicted molar refractivity (Wildman–Crippen MR) is 140 cm³/mol. The zero-order chi connectivity index (χ0) is 25.1. The van der Waals surface area contributed by atoms with Crippen LogP contribution in [0.3, 0.4) is 0 Å².